The van der Waals surface area contributed by atoms with E-state index in [2.05, 4.69) is 25.7 Å². The Morgan fingerprint density at radius 1 is 0.913 bits per heavy atom. The van der Waals surface area contributed by atoms with Crippen molar-refractivity contribution in [2.24, 2.45) is 0 Å². The van der Waals surface area contributed by atoms with Crippen LogP contribution in [0.1, 0.15) is 10.7 Å². The van der Waals surface area contributed by atoms with Crippen molar-refractivity contribution in [2.45, 2.75) is 12.7 Å². The first-order valence-corrected chi connectivity index (χ1v) is 7.36. The molecule has 23 heavy (non-hydrogen) atoms. The zero-order valence-corrected chi connectivity index (χ0v) is 12.4. The van der Waals surface area contributed by atoms with Gasteiger partial charge in [0.1, 0.15) is 15.8 Å². The summed E-state index contributed by atoms with van der Waals surface area (Å²) in [6.07, 6.45) is -4.49. The van der Waals surface area contributed by atoms with Crippen LogP contribution in [0.15, 0.2) is 42.5 Å². The minimum Gasteiger partial charge on any atom is -0.362 e. The average molecular weight is 337 g/mol. The van der Waals surface area contributed by atoms with Crippen LogP contribution in [-0.2, 0) is 12.7 Å². The van der Waals surface area contributed by atoms with Crippen LogP contribution in [0.5, 0.6) is 0 Å². The Bertz CT molecular complexity index is 771. The Hall–Kier alpha value is -2.55. The number of aromatic nitrogens is 4. The molecule has 2 heterocycles. The second-order valence-electron chi connectivity index (χ2n) is 4.52. The molecule has 9 heteroatoms. The molecule has 3 rings (SSSR count). The van der Waals surface area contributed by atoms with Gasteiger partial charge in [-0.25, -0.2) is 0 Å². The Morgan fingerprint density at radius 2 is 1.70 bits per heavy atom. The van der Waals surface area contributed by atoms with Crippen LogP contribution in [0.3, 0.4) is 0 Å². The summed E-state index contributed by atoms with van der Waals surface area (Å²) in [7, 11) is 0. The van der Waals surface area contributed by atoms with Crippen molar-refractivity contribution in [1.29, 1.82) is 0 Å². The van der Waals surface area contributed by atoms with Crippen LogP contribution < -0.4 is 5.32 Å². The van der Waals surface area contributed by atoms with E-state index in [0.717, 1.165) is 16.6 Å². The molecule has 0 atom stereocenters. The number of rotatable bonds is 4. The lowest BCUT2D eigenvalue weighted by Gasteiger charge is -2.06. The second-order valence-corrected chi connectivity index (χ2v) is 5.58. The molecule has 3 aromatic rings. The molecular formula is C14H10F3N5S. The van der Waals surface area contributed by atoms with E-state index in [1.54, 1.807) is 0 Å². The van der Waals surface area contributed by atoms with Crippen LogP contribution >= 0.6 is 11.3 Å². The monoisotopic (exact) mass is 337 g/mol. The SMILES string of the molecule is FC(F)(F)c1ccc(NCc2nnc(-c3ccccc3)s2)nn1. The maximum atomic E-state index is 12.4. The molecule has 5 nitrogen and oxygen atoms in total. The van der Waals surface area contributed by atoms with Gasteiger partial charge in [-0.15, -0.1) is 20.4 Å². The first-order valence-electron chi connectivity index (χ1n) is 6.55. The van der Waals surface area contributed by atoms with E-state index in [9.17, 15) is 13.2 Å². The second kappa shape index (κ2) is 6.29. The highest BCUT2D eigenvalue weighted by molar-refractivity contribution is 7.14. The third-order valence-electron chi connectivity index (χ3n) is 2.86. The van der Waals surface area contributed by atoms with Crippen LogP contribution in [0, 0.1) is 0 Å². The van der Waals surface area contributed by atoms with Crippen LogP contribution in [0.2, 0.25) is 0 Å². The molecule has 2 aromatic heterocycles. The van der Waals surface area contributed by atoms with Crippen LogP contribution in [-0.4, -0.2) is 20.4 Å². The predicted molar refractivity (Wildman–Crippen MR) is 79.7 cm³/mol. The molecule has 0 radical (unpaired) electrons. The van der Waals surface area contributed by atoms with Gasteiger partial charge in [0.2, 0.25) is 0 Å². The molecule has 118 valence electrons. The first-order chi connectivity index (χ1) is 11.0. The van der Waals surface area contributed by atoms with Gasteiger partial charge >= 0.3 is 6.18 Å². The van der Waals surface area contributed by atoms with E-state index in [0.29, 0.717) is 11.6 Å². The normalized spacial score (nSPS) is 11.4. The summed E-state index contributed by atoms with van der Waals surface area (Å²) < 4.78 is 37.2. The van der Waals surface area contributed by atoms with Gasteiger partial charge < -0.3 is 5.32 Å². The topological polar surface area (TPSA) is 63.6 Å². The van der Waals surface area contributed by atoms with Gasteiger partial charge in [0, 0.05) is 5.56 Å². The summed E-state index contributed by atoms with van der Waals surface area (Å²) in [5.74, 6) is 0.245. The minimum atomic E-state index is -4.49. The molecule has 0 saturated carbocycles. The molecule has 0 fully saturated rings. The van der Waals surface area contributed by atoms with Gasteiger partial charge in [0.05, 0.1) is 6.54 Å². The molecule has 0 bridgehead atoms. The van der Waals surface area contributed by atoms with Gasteiger partial charge in [-0.3, -0.25) is 0 Å². The van der Waals surface area contributed by atoms with Crippen molar-refractivity contribution >= 4 is 17.2 Å². The molecule has 0 aliphatic carbocycles. The Morgan fingerprint density at radius 3 is 2.35 bits per heavy atom. The Kier molecular flexibility index (Phi) is 4.20. The highest BCUT2D eigenvalue weighted by atomic mass is 32.1. The zero-order chi connectivity index (χ0) is 16.3. The molecule has 0 aliphatic rings. The third-order valence-corrected chi connectivity index (χ3v) is 3.84. The molecule has 0 aliphatic heterocycles. The van der Waals surface area contributed by atoms with E-state index in [-0.39, 0.29) is 5.82 Å². The lowest BCUT2D eigenvalue weighted by atomic mass is 10.2. The maximum Gasteiger partial charge on any atom is 0.435 e. The largest absolute Gasteiger partial charge is 0.435 e. The van der Waals surface area contributed by atoms with Gasteiger partial charge in [-0.05, 0) is 12.1 Å². The summed E-state index contributed by atoms with van der Waals surface area (Å²) in [6.45, 7) is 0.310. The molecular weight excluding hydrogens is 327 g/mol. The lowest BCUT2D eigenvalue weighted by molar-refractivity contribution is -0.141. The van der Waals surface area contributed by atoms with Crippen molar-refractivity contribution in [3.8, 4) is 10.6 Å². The summed E-state index contributed by atoms with van der Waals surface area (Å²) in [6, 6.07) is 11.7. The van der Waals surface area contributed by atoms with Crippen LogP contribution in [0.25, 0.3) is 10.6 Å². The number of anilines is 1. The quantitative estimate of drug-likeness (QED) is 0.788. The maximum absolute atomic E-state index is 12.4. The predicted octanol–water partition coefficient (Wildman–Crippen LogP) is 3.63. The van der Waals surface area contributed by atoms with E-state index in [4.69, 9.17) is 0 Å². The standard InChI is InChI=1S/C14H10F3N5S/c15-14(16,17)10-6-7-11(20-19-10)18-8-12-21-22-13(23-12)9-4-2-1-3-5-9/h1-7H,8H2,(H,18,20). The molecule has 0 amide bonds. The number of hydrogen-bond donors (Lipinski definition) is 1. The number of nitrogens with one attached hydrogen (secondary N) is 1. The molecule has 0 unspecified atom stereocenters. The number of alkyl halides is 3. The van der Waals surface area contributed by atoms with E-state index < -0.39 is 11.9 Å². The fourth-order valence-electron chi connectivity index (χ4n) is 1.77. The fourth-order valence-corrected chi connectivity index (χ4v) is 2.55. The number of halogens is 3. The molecule has 0 spiro atoms. The van der Waals surface area contributed by atoms with E-state index >= 15 is 0 Å². The molecule has 1 N–H and O–H groups in total. The Labute approximate surface area is 133 Å². The first kappa shape index (κ1) is 15.3. The van der Waals surface area contributed by atoms with Crippen LogP contribution in [0.4, 0.5) is 19.0 Å². The fraction of sp³-hybridized carbons (Fsp3) is 0.143. The average Bonchev–Trinajstić information content (AvgIpc) is 3.02. The Balaban J connectivity index is 1.64. The van der Waals surface area contributed by atoms with Crippen molar-refractivity contribution in [3.63, 3.8) is 0 Å². The third kappa shape index (κ3) is 3.81. The van der Waals surface area contributed by atoms with Crippen molar-refractivity contribution in [3.05, 3.63) is 53.2 Å². The van der Waals surface area contributed by atoms with Gasteiger partial charge in [-0.1, -0.05) is 41.7 Å². The summed E-state index contributed by atoms with van der Waals surface area (Å²) in [4.78, 5) is 0. The summed E-state index contributed by atoms with van der Waals surface area (Å²) in [5.41, 5.74) is -0.0594. The minimum absolute atomic E-state index is 0.245. The zero-order valence-electron chi connectivity index (χ0n) is 11.6. The summed E-state index contributed by atoms with van der Waals surface area (Å²) in [5, 5.41) is 19.1. The van der Waals surface area contributed by atoms with E-state index in [1.165, 1.54) is 17.4 Å². The smallest absolute Gasteiger partial charge is 0.362 e. The highest BCUT2D eigenvalue weighted by Gasteiger charge is 2.32. The van der Waals surface area contributed by atoms with Crippen molar-refractivity contribution in [1.82, 2.24) is 20.4 Å². The van der Waals surface area contributed by atoms with Crippen molar-refractivity contribution in [2.75, 3.05) is 5.32 Å². The number of hydrogen-bond acceptors (Lipinski definition) is 6. The van der Waals surface area contributed by atoms with Gasteiger partial charge in [-0.2, -0.15) is 13.2 Å². The van der Waals surface area contributed by atoms with Gasteiger partial charge in [0.15, 0.2) is 5.69 Å². The van der Waals surface area contributed by atoms with E-state index in [1.807, 2.05) is 30.3 Å². The molecule has 1 aromatic carbocycles. The summed E-state index contributed by atoms with van der Waals surface area (Å²) >= 11 is 1.40. The lowest BCUT2D eigenvalue weighted by Crippen LogP contribution is -2.10. The van der Waals surface area contributed by atoms with Gasteiger partial charge in [0.25, 0.3) is 0 Å². The number of benzene rings is 1. The number of nitrogens with zero attached hydrogens (tertiary/aromatic N) is 4. The highest BCUT2D eigenvalue weighted by Crippen LogP contribution is 2.27. The molecule has 0 saturated heterocycles. The van der Waals surface area contributed by atoms with Crippen molar-refractivity contribution < 1.29 is 13.2 Å².